The fourth-order valence-corrected chi connectivity index (χ4v) is 5.18. The number of thiophene rings is 1. The quantitative estimate of drug-likeness (QED) is 0.850. The molecule has 0 unspecified atom stereocenters. The number of nitriles is 1. The Kier molecular flexibility index (Phi) is 4.78. The van der Waals surface area contributed by atoms with E-state index in [1.165, 1.54) is 11.3 Å². The van der Waals surface area contributed by atoms with Gasteiger partial charge in [-0.3, -0.25) is 4.90 Å². The number of hydrogen-bond acceptors (Lipinski definition) is 5. The first-order valence-electron chi connectivity index (χ1n) is 7.34. The van der Waals surface area contributed by atoms with Crippen LogP contribution in [0.3, 0.4) is 0 Å². The first-order valence-corrected chi connectivity index (χ1v) is 9.66. The van der Waals surface area contributed by atoms with Crippen LogP contribution < -0.4 is 0 Å². The van der Waals surface area contributed by atoms with Gasteiger partial charge in [0.15, 0.2) is 0 Å². The van der Waals surface area contributed by atoms with E-state index >= 15 is 0 Å². The van der Waals surface area contributed by atoms with Crippen LogP contribution in [0.2, 0.25) is 0 Å². The first-order chi connectivity index (χ1) is 11.1. The van der Waals surface area contributed by atoms with Gasteiger partial charge in [0.1, 0.15) is 4.21 Å². The highest BCUT2D eigenvalue weighted by Crippen LogP contribution is 2.22. The summed E-state index contributed by atoms with van der Waals surface area (Å²) in [6, 6.07) is 13.1. The summed E-state index contributed by atoms with van der Waals surface area (Å²) in [4.78, 5) is 2.24. The molecule has 0 spiro atoms. The van der Waals surface area contributed by atoms with Gasteiger partial charge in [-0.1, -0.05) is 18.2 Å². The molecule has 0 N–H and O–H groups in total. The van der Waals surface area contributed by atoms with Gasteiger partial charge in [0.2, 0.25) is 0 Å². The topological polar surface area (TPSA) is 64.4 Å². The highest BCUT2D eigenvalue weighted by Gasteiger charge is 2.28. The van der Waals surface area contributed by atoms with Gasteiger partial charge in [-0.25, -0.2) is 8.42 Å². The highest BCUT2D eigenvalue weighted by molar-refractivity contribution is 7.91. The lowest BCUT2D eigenvalue weighted by Gasteiger charge is -2.33. The SMILES string of the molecule is N#Cc1ccc(CN2CCN(S(=O)(=O)c3cccs3)CC2)cc1. The monoisotopic (exact) mass is 347 g/mol. The molecule has 1 aromatic heterocycles. The zero-order valence-corrected chi connectivity index (χ0v) is 14.2. The molecule has 3 rings (SSSR count). The third kappa shape index (κ3) is 3.62. The van der Waals surface area contributed by atoms with Crippen LogP contribution in [-0.4, -0.2) is 43.8 Å². The van der Waals surface area contributed by atoms with E-state index in [-0.39, 0.29) is 0 Å². The summed E-state index contributed by atoms with van der Waals surface area (Å²) in [7, 11) is -3.33. The van der Waals surface area contributed by atoms with E-state index in [9.17, 15) is 8.42 Å². The smallest absolute Gasteiger partial charge is 0.252 e. The van der Waals surface area contributed by atoms with Crippen molar-refractivity contribution in [3.8, 4) is 6.07 Å². The molecular weight excluding hydrogens is 330 g/mol. The van der Waals surface area contributed by atoms with Crippen molar-refractivity contribution in [2.24, 2.45) is 0 Å². The van der Waals surface area contributed by atoms with Crippen LogP contribution in [0.4, 0.5) is 0 Å². The molecule has 0 aliphatic carbocycles. The maximum absolute atomic E-state index is 12.5. The minimum absolute atomic E-state index is 0.415. The van der Waals surface area contributed by atoms with E-state index in [0.717, 1.165) is 12.1 Å². The van der Waals surface area contributed by atoms with Crippen molar-refractivity contribution in [2.75, 3.05) is 26.2 Å². The number of rotatable bonds is 4. The third-order valence-corrected chi connectivity index (χ3v) is 7.18. The molecule has 1 saturated heterocycles. The molecule has 1 fully saturated rings. The second-order valence-corrected chi connectivity index (χ2v) is 8.53. The predicted octanol–water partition coefficient (Wildman–Crippen LogP) is 2.13. The van der Waals surface area contributed by atoms with E-state index in [1.54, 1.807) is 21.8 Å². The Morgan fingerprint density at radius 2 is 1.78 bits per heavy atom. The lowest BCUT2D eigenvalue weighted by atomic mass is 10.1. The van der Waals surface area contributed by atoms with Crippen molar-refractivity contribution in [3.05, 3.63) is 52.9 Å². The number of sulfonamides is 1. The maximum Gasteiger partial charge on any atom is 0.252 e. The van der Waals surface area contributed by atoms with Crippen LogP contribution in [0.1, 0.15) is 11.1 Å². The predicted molar refractivity (Wildman–Crippen MR) is 89.5 cm³/mol. The van der Waals surface area contributed by atoms with Crippen LogP contribution in [0.15, 0.2) is 46.0 Å². The number of hydrogen-bond donors (Lipinski definition) is 0. The van der Waals surface area contributed by atoms with Crippen molar-refractivity contribution >= 4 is 21.4 Å². The molecule has 0 atom stereocenters. The Bertz CT molecular complexity index is 785. The molecule has 5 nitrogen and oxygen atoms in total. The van der Waals surface area contributed by atoms with E-state index in [4.69, 9.17) is 5.26 Å². The Balaban J connectivity index is 1.59. The zero-order valence-electron chi connectivity index (χ0n) is 12.6. The minimum atomic E-state index is -3.33. The summed E-state index contributed by atoms with van der Waals surface area (Å²) in [6.45, 7) is 3.22. The van der Waals surface area contributed by atoms with Gasteiger partial charge in [0, 0.05) is 32.7 Å². The molecule has 1 aromatic carbocycles. The summed E-state index contributed by atoms with van der Waals surface area (Å²) in [6.07, 6.45) is 0. The van der Waals surface area contributed by atoms with Crippen LogP contribution in [0.5, 0.6) is 0 Å². The molecule has 0 radical (unpaired) electrons. The fourth-order valence-electron chi connectivity index (χ4n) is 2.61. The van der Waals surface area contributed by atoms with Gasteiger partial charge in [-0.05, 0) is 29.1 Å². The third-order valence-electron chi connectivity index (χ3n) is 3.91. The van der Waals surface area contributed by atoms with Crippen LogP contribution in [0, 0.1) is 11.3 Å². The highest BCUT2D eigenvalue weighted by atomic mass is 32.2. The number of benzene rings is 1. The Morgan fingerprint density at radius 3 is 2.35 bits per heavy atom. The summed E-state index contributed by atoms with van der Waals surface area (Å²) < 4.78 is 26.9. The average Bonchev–Trinajstić information content (AvgIpc) is 3.11. The van der Waals surface area contributed by atoms with E-state index < -0.39 is 10.0 Å². The normalized spacial score (nSPS) is 17.0. The summed E-state index contributed by atoms with van der Waals surface area (Å²) in [5.41, 5.74) is 1.79. The van der Waals surface area contributed by atoms with Crippen molar-refractivity contribution < 1.29 is 8.42 Å². The summed E-state index contributed by atoms with van der Waals surface area (Å²) in [5.74, 6) is 0. The van der Waals surface area contributed by atoms with E-state index in [2.05, 4.69) is 11.0 Å². The largest absolute Gasteiger partial charge is 0.296 e. The lowest BCUT2D eigenvalue weighted by molar-refractivity contribution is 0.182. The van der Waals surface area contributed by atoms with Gasteiger partial charge < -0.3 is 0 Å². The standard InChI is InChI=1S/C16H17N3O2S2/c17-12-14-3-5-15(6-4-14)13-18-7-9-19(10-8-18)23(20,21)16-2-1-11-22-16/h1-6,11H,7-10,13H2. The molecule has 0 amide bonds. The maximum atomic E-state index is 12.5. The number of piperazine rings is 1. The van der Waals surface area contributed by atoms with Gasteiger partial charge >= 0.3 is 0 Å². The van der Waals surface area contributed by atoms with Crippen LogP contribution in [-0.2, 0) is 16.6 Å². The Hall–Kier alpha value is -1.72. The van der Waals surface area contributed by atoms with Gasteiger partial charge in [-0.2, -0.15) is 9.57 Å². The second kappa shape index (κ2) is 6.81. The van der Waals surface area contributed by atoms with Gasteiger partial charge in [0.25, 0.3) is 10.0 Å². The van der Waals surface area contributed by atoms with Crippen molar-refractivity contribution in [3.63, 3.8) is 0 Å². The molecule has 2 heterocycles. The molecule has 1 aliphatic heterocycles. The minimum Gasteiger partial charge on any atom is -0.296 e. The fraction of sp³-hybridized carbons (Fsp3) is 0.312. The van der Waals surface area contributed by atoms with Crippen molar-refractivity contribution in [1.29, 1.82) is 5.26 Å². The molecule has 23 heavy (non-hydrogen) atoms. The Morgan fingerprint density at radius 1 is 1.09 bits per heavy atom. The number of nitrogens with zero attached hydrogens (tertiary/aromatic N) is 3. The average molecular weight is 347 g/mol. The van der Waals surface area contributed by atoms with Gasteiger partial charge in [0.05, 0.1) is 11.6 Å². The van der Waals surface area contributed by atoms with Gasteiger partial charge in [-0.15, -0.1) is 11.3 Å². The molecular formula is C16H17N3O2S2. The van der Waals surface area contributed by atoms with E-state index in [0.29, 0.717) is 36.0 Å². The molecule has 120 valence electrons. The Labute approximate surface area is 140 Å². The molecule has 2 aromatic rings. The lowest BCUT2D eigenvalue weighted by Crippen LogP contribution is -2.48. The van der Waals surface area contributed by atoms with Crippen LogP contribution in [0.25, 0.3) is 0 Å². The second-order valence-electron chi connectivity index (χ2n) is 5.42. The van der Waals surface area contributed by atoms with Crippen molar-refractivity contribution in [1.82, 2.24) is 9.21 Å². The summed E-state index contributed by atoms with van der Waals surface area (Å²) in [5, 5.41) is 10.6. The summed E-state index contributed by atoms with van der Waals surface area (Å²) >= 11 is 1.26. The van der Waals surface area contributed by atoms with Crippen molar-refractivity contribution in [2.45, 2.75) is 10.8 Å². The molecule has 0 bridgehead atoms. The first kappa shape index (κ1) is 16.1. The molecule has 1 aliphatic rings. The van der Waals surface area contributed by atoms with Crippen LogP contribution >= 0.6 is 11.3 Å². The van der Waals surface area contributed by atoms with E-state index in [1.807, 2.05) is 24.3 Å². The molecule has 0 saturated carbocycles. The zero-order chi connectivity index (χ0) is 16.3. The molecule has 7 heteroatoms.